The van der Waals surface area contributed by atoms with Crippen molar-refractivity contribution in [3.8, 4) is 11.1 Å². The molecule has 0 bridgehead atoms. The lowest BCUT2D eigenvalue weighted by molar-refractivity contribution is 0.393. The van der Waals surface area contributed by atoms with E-state index in [-0.39, 0.29) is 6.04 Å². The Morgan fingerprint density at radius 3 is 2.69 bits per heavy atom. The largest absolute Gasteiger partial charge is 0.361 e. The van der Waals surface area contributed by atoms with Gasteiger partial charge in [-0.2, -0.15) is 0 Å². The molecule has 0 N–H and O–H groups in total. The molecule has 0 radical (unpaired) electrons. The number of aromatic nitrogens is 4. The Morgan fingerprint density at radius 1 is 1.19 bits per heavy atom. The minimum Gasteiger partial charge on any atom is -0.361 e. The van der Waals surface area contributed by atoms with E-state index >= 15 is 0 Å². The molecule has 0 aliphatic heterocycles. The molecule has 4 aromatic rings. The summed E-state index contributed by atoms with van der Waals surface area (Å²) < 4.78 is 7.61. The second-order valence-electron chi connectivity index (χ2n) is 6.64. The Bertz CT molecular complexity index is 1040. The molecule has 5 heteroatoms. The van der Waals surface area contributed by atoms with Crippen molar-refractivity contribution in [3.63, 3.8) is 0 Å². The Labute approximate surface area is 152 Å². The van der Waals surface area contributed by atoms with Gasteiger partial charge in [-0.25, -0.2) is 0 Å². The second-order valence-corrected chi connectivity index (χ2v) is 6.64. The van der Waals surface area contributed by atoms with E-state index in [0.29, 0.717) is 0 Å². The number of pyridine rings is 2. The van der Waals surface area contributed by atoms with Gasteiger partial charge in [-0.1, -0.05) is 18.1 Å². The van der Waals surface area contributed by atoms with Crippen LogP contribution in [0.1, 0.15) is 42.6 Å². The number of aryl methyl sites for hydroxylation is 3. The van der Waals surface area contributed by atoms with Crippen LogP contribution in [0.25, 0.3) is 22.2 Å². The van der Waals surface area contributed by atoms with Gasteiger partial charge in [0.1, 0.15) is 5.76 Å². The van der Waals surface area contributed by atoms with Gasteiger partial charge in [0.15, 0.2) is 0 Å². The molecule has 0 aliphatic rings. The lowest BCUT2D eigenvalue weighted by Crippen LogP contribution is -2.07. The van der Waals surface area contributed by atoms with Crippen LogP contribution < -0.4 is 0 Å². The Hall–Kier alpha value is -2.95. The van der Waals surface area contributed by atoms with Crippen molar-refractivity contribution >= 4 is 11.0 Å². The Balaban J connectivity index is 1.91. The SMILES string of the molecule is CCc1cn([C@H](C)c2ccccn2)c2cc(-c3c(C)noc3C)cnc12. The fraction of sp³-hybridized carbons (Fsp3) is 0.286. The second kappa shape index (κ2) is 6.41. The average molecular weight is 346 g/mol. The van der Waals surface area contributed by atoms with Crippen molar-refractivity contribution in [1.82, 2.24) is 19.7 Å². The molecule has 0 unspecified atom stereocenters. The van der Waals surface area contributed by atoms with E-state index in [1.165, 1.54) is 5.56 Å². The Morgan fingerprint density at radius 2 is 2.04 bits per heavy atom. The van der Waals surface area contributed by atoms with E-state index < -0.39 is 0 Å². The number of hydrogen-bond donors (Lipinski definition) is 0. The maximum Gasteiger partial charge on any atom is 0.141 e. The third-order valence-electron chi connectivity index (χ3n) is 4.98. The van der Waals surface area contributed by atoms with Gasteiger partial charge >= 0.3 is 0 Å². The summed E-state index contributed by atoms with van der Waals surface area (Å²) in [5, 5.41) is 4.08. The molecule has 4 heterocycles. The maximum absolute atomic E-state index is 5.34. The van der Waals surface area contributed by atoms with E-state index in [1.807, 2.05) is 38.4 Å². The summed E-state index contributed by atoms with van der Waals surface area (Å²) in [5.41, 5.74) is 7.38. The number of nitrogens with zero attached hydrogens (tertiary/aromatic N) is 4. The van der Waals surface area contributed by atoms with Crippen LogP contribution in [0.2, 0.25) is 0 Å². The topological polar surface area (TPSA) is 56.7 Å². The lowest BCUT2D eigenvalue weighted by Gasteiger charge is -2.15. The zero-order valence-electron chi connectivity index (χ0n) is 15.5. The molecule has 132 valence electrons. The van der Waals surface area contributed by atoms with Crippen LogP contribution in [0.5, 0.6) is 0 Å². The van der Waals surface area contributed by atoms with Crippen molar-refractivity contribution in [2.24, 2.45) is 0 Å². The van der Waals surface area contributed by atoms with Crippen LogP contribution in [0.4, 0.5) is 0 Å². The van der Waals surface area contributed by atoms with Gasteiger partial charge in [0.2, 0.25) is 0 Å². The highest BCUT2D eigenvalue weighted by molar-refractivity contribution is 5.85. The summed E-state index contributed by atoms with van der Waals surface area (Å²) in [4.78, 5) is 9.31. The standard InChI is InChI=1S/C21H22N4O/c1-5-16-12-25(14(3)18-8-6-7-9-22-18)19-10-17(11-23-21(16)19)20-13(2)24-26-15(20)4/h6-12,14H,5H2,1-4H3/t14-/m1/s1. The third kappa shape index (κ3) is 2.60. The fourth-order valence-corrected chi connectivity index (χ4v) is 3.57. The van der Waals surface area contributed by atoms with Gasteiger partial charge in [-0.05, 0) is 51.0 Å². The van der Waals surface area contributed by atoms with Gasteiger partial charge in [0.25, 0.3) is 0 Å². The molecule has 0 spiro atoms. The summed E-state index contributed by atoms with van der Waals surface area (Å²) >= 11 is 0. The summed E-state index contributed by atoms with van der Waals surface area (Å²) in [6, 6.07) is 8.35. The van der Waals surface area contributed by atoms with Crippen LogP contribution in [-0.4, -0.2) is 19.7 Å². The van der Waals surface area contributed by atoms with Gasteiger partial charge < -0.3 is 9.09 Å². The molecule has 26 heavy (non-hydrogen) atoms. The zero-order valence-corrected chi connectivity index (χ0v) is 15.5. The average Bonchev–Trinajstić information content (AvgIpc) is 3.21. The summed E-state index contributed by atoms with van der Waals surface area (Å²) in [7, 11) is 0. The zero-order chi connectivity index (χ0) is 18.3. The highest BCUT2D eigenvalue weighted by Crippen LogP contribution is 2.32. The third-order valence-corrected chi connectivity index (χ3v) is 4.98. The molecule has 5 nitrogen and oxygen atoms in total. The summed E-state index contributed by atoms with van der Waals surface area (Å²) in [6.07, 6.45) is 6.90. The van der Waals surface area contributed by atoms with Crippen molar-refractivity contribution in [1.29, 1.82) is 0 Å². The molecule has 0 saturated carbocycles. The van der Waals surface area contributed by atoms with Gasteiger partial charge in [0, 0.05) is 29.7 Å². The van der Waals surface area contributed by atoms with Crippen molar-refractivity contribution in [3.05, 3.63) is 65.6 Å². The van der Waals surface area contributed by atoms with Crippen LogP contribution in [0.15, 0.2) is 47.4 Å². The summed E-state index contributed by atoms with van der Waals surface area (Å²) in [6.45, 7) is 8.23. The maximum atomic E-state index is 5.34. The fourth-order valence-electron chi connectivity index (χ4n) is 3.57. The Kier molecular flexibility index (Phi) is 4.07. The van der Waals surface area contributed by atoms with Crippen molar-refractivity contribution in [2.45, 2.75) is 40.2 Å². The first kappa shape index (κ1) is 16.5. The van der Waals surface area contributed by atoms with Crippen molar-refractivity contribution in [2.75, 3.05) is 0 Å². The number of hydrogen-bond acceptors (Lipinski definition) is 4. The van der Waals surface area contributed by atoms with Crippen LogP contribution in [-0.2, 0) is 6.42 Å². The number of rotatable bonds is 4. The van der Waals surface area contributed by atoms with E-state index in [1.54, 1.807) is 0 Å². The van der Waals surface area contributed by atoms with Crippen LogP contribution >= 0.6 is 0 Å². The highest BCUT2D eigenvalue weighted by Gasteiger charge is 2.18. The first-order valence-electron chi connectivity index (χ1n) is 8.93. The minimum atomic E-state index is 0.126. The monoisotopic (exact) mass is 346 g/mol. The molecule has 0 amide bonds. The van der Waals surface area contributed by atoms with Crippen LogP contribution in [0.3, 0.4) is 0 Å². The quantitative estimate of drug-likeness (QED) is 0.529. The van der Waals surface area contributed by atoms with Crippen LogP contribution in [0, 0.1) is 13.8 Å². The van der Waals surface area contributed by atoms with E-state index in [2.05, 4.69) is 46.9 Å². The predicted octanol–water partition coefficient (Wildman–Crippen LogP) is 4.87. The van der Waals surface area contributed by atoms with E-state index in [4.69, 9.17) is 9.51 Å². The van der Waals surface area contributed by atoms with Gasteiger partial charge in [0.05, 0.1) is 28.5 Å². The predicted molar refractivity (Wildman–Crippen MR) is 102 cm³/mol. The molecular formula is C21H22N4O. The molecule has 4 rings (SSSR count). The smallest absolute Gasteiger partial charge is 0.141 e. The molecule has 0 fully saturated rings. The molecule has 0 aromatic carbocycles. The molecule has 1 atom stereocenters. The first-order valence-corrected chi connectivity index (χ1v) is 8.93. The van der Waals surface area contributed by atoms with Gasteiger partial charge in [-0.15, -0.1) is 0 Å². The molecular weight excluding hydrogens is 324 g/mol. The van der Waals surface area contributed by atoms with E-state index in [0.717, 1.165) is 45.7 Å². The molecule has 0 saturated heterocycles. The van der Waals surface area contributed by atoms with Gasteiger partial charge in [-0.3, -0.25) is 9.97 Å². The highest BCUT2D eigenvalue weighted by atomic mass is 16.5. The van der Waals surface area contributed by atoms with Crippen molar-refractivity contribution < 1.29 is 4.52 Å². The number of fused-ring (bicyclic) bond motifs is 1. The lowest BCUT2D eigenvalue weighted by atomic mass is 10.1. The molecule has 0 aliphatic carbocycles. The molecule has 4 aromatic heterocycles. The van der Waals surface area contributed by atoms with E-state index in [9.17, 15) is 0 Å². The summed E-state index contributed by atoms with van der Waals surface area (Å²) in [5.74, 6) is 0.815. The first-order chi connectivity index (χ1) is 12.6. The normalized spacial score (nSPS) is 12.6. The minimum absolute atomic E-state index is 0.126.